The summed E-state index contributed by atoms with van der Waals surface area (Å²) >= 11 is 1.77. The molecule has 0 aliphatic rings. The van der Waals surface area contributed by atoms with Crippen molar-refractivity contribution in [2.24, 2.45) is 0 Å². The maximum absolute atomic E-state index is 4.60. The van der Waals surface area contributed by atoms with Crippen LogP contribution in [0.2, 0.25) is 0 Å². The first-order chi connectivity index (χ1) is 9.60. The van der Waals surface area contributed by atoms with E-state index in [0.717, 1.165) is 22.8 Å². The number of thioether (sulfide) groups is 1. The van der Waals surface area contributed by atoms with Gasteiger partial charge in [0.15, 0.2) is 0 Å². The fraction of sp³-hybridized carbons (Fsp3) is 0.375. The Morgan fingerprint density at radius 3 is 2.50 bits per heavy atom. The molecule has 0 aliphatic heterocycles. The Bertz CT molecular complexity index is 566. The standard InChI is InChI=1S/C16H21N3S/c1-11-5-7-14(8-6-11)20-10-16-18-9-15(12(2)17-4)13(3)19-16/h5-9,12,17H,10H2,1-4H3. The molecule has 2 aromatic rings. The molecule has 0 aliphatic carbocycles. The van der Waals surface area contributed by atoms with Crippen molar-refractivity contribution in [3.63, 3.8) is 0 Å². The Hall–Kier alpha value is -1.39. The van der Waals surface area contributed by atoms with Gasteiger partial charge in [0, 0.05) is 28.4 Å². The molecule has 106 valence electrons. The largest absolute Gasteiger partial charge is 0.313 e. The normalized spacial score (nSPS) is 12.4. The topological polar surface area (TPSA) is 37.8 Å². The first kappa shape index (κ1) is 15.0. The number of rotatable bonds is 5. The molecule has 0 bridgehead atoms. The Labute approximate surface area is 125 Å². The molecule has 1 heterocycles. The SMILES string of the molecule is CNC(C)c1cnc(CSc2ccc(C)cc2)nc1C. The summed E-state index contributed by atoms with van der Waals surface area (Å²) in [7, 11) is 1.95. The number of hydrogen-bond donors (Lipinski definition) is 1. The summed E-state index contributed by atoms with van der Waals surface area (Å²) in [6.07, 6.45) is 1.94. The predicted molar refractivity (Wildman–Crippen MR) is 85.0 cm³/mol. The molecular formula is C16H21N3S. The molecule has 0 saturated carbocycles. The van der Waals surface area contributed by atoms with Crippen LogP contribution in [0.25, 0.3) is 0 Å². The summed E-state index contributed by atoms with van der Waals surface area (Å²) in [5, 5.41) is 3.22. The first-order valence-electron chi connectivity index (χ1n) is 6.79. The van der Waals surface area contributed by atoms with Gasteiger partial charge in [-0.3, -0.25) is 0 Å². The molecule has 3 nitrogen and oxygen atoms in total. The molecule has 0 fully saturated rings. The second-order valence-electron chi connectivity index (χ2n) is 4.94. The van der Waals surface area contributed by atoms with Crippen LogP contribution in [-0.2, 0) is 5.75 Å². The van der Waals surface area contributed by atoms with Gasteiger partial charge in [0.05, 0.1) is 5.75 Å². The van der Waals surface area contributed by atoms with Crippen molar-refractivity contribution in [1.82, 2.24) is 15.3 Å². The van der Waals surface area contributed by atoms with E-state index in [1.54, 1.807) is 11.8 Å². The van der Waals surface area contributed by atoms with Gasteiger partial charge in [-0.25, -0.2) is 9.97 Å². The van der Waals surface area contributed by atoms with Crippen molar-refractivity contribution in [3.05, 3.63) is 53.1 Å². The van der Waals surface area contributed by atoms with Crippen LogP contribution in [0.5, 0.6) is 0 Å². The Kier molecular flexibility index (Phi) is 5.15. The molecule has 2 rings (SSSR count). The molecule has 0 spiro atoms. The molecule has 1 N–H and O–H groups in total. The second kappa shape index (κ2) is 6.86. The van der Waals surface area contributed by atoms with Gasteiger partial charge in [-0.05, 0) is 40.0 Å². The maximum Gasteiger partial charge on any atom is 0.138 e. The highest BCUT2D eigenvalue weighted by Gasteiger charge is 2.09. The van der Waals surface area contributed by atoms with Crippen LogP contribution in [0.4, 0.5) is 0 Å². The number of benzene rings is 1. The van der Waals surface area contributed by atoms with Crippen LogP contribution in [-0.4, -0.2) is 17.0 Å². The van der Waals surface area contributed by atoms with E-state index in [-0.39, 0.29) is 6.04 Å². The lowest BCUT2D eigenvalue weighted by Gasteiger charge is -2.13. The molecule has 20 heavy (non-hydrogen) atoms. The molecule has 0 saturated heterocycles. The van der Waals surface area contributed by atoms with Crippen molar-refractivity contribution in [3.8, 4) is 0 Å². The molecular weight excluding hydrogens is 266 g/mol. The van der Waals surface area contributed by atoms with Gasteiger partial charge in [0.2, 0.25) is 0 Å². The number of nitrogens with one attached hydrogen (secondary N) is 1. The van der Waals surface area contributed by atoms with Crippen LogP contribution in [0, 0.1) is 13.8 Å². The zero-order valence-electron chi connectivity index (χ0n) is 12.5. The molecule has 1 unspecified atom stereocenters. The van der Waals surface area contributed by atoms with Crippen LogP contribution in [0.15, 0.2) is 35.4 Å². The van der Waals surface area contributed by atoms with Gasteiger partial charge in [-0.1, -0.05) is 17.7 Å². The van der Waals surface area contributed by atoms with Crippen molar-refractivity contribution in [2.75, 3.05) is 7.05 Å². The van der Waals surface area contributed by atoms with Crippen LogP contribution in [0.3, 0.4) is 0 Å². The molecule has 1 aromatic carbocycles. The molecule has 0 radical (unpaired) electrons. The summed E-state index contributed by atoms with van der Waals surface area (Å²) < 4.78 is 0. The number of nitrogens with zero attached hydrogens (tertiary/aromatic N) is 2. The summed E-state index contributed by atoms with van der Waals surface area (Å²) in [5.74, 6) is 1.69. The smallest absolute Gasteiger partial charge is 0.138 e. The van der Waals surface area contributed by atoms with Crippen molar-refractivity contribution in [2.45, 2.75) is 37.5 Å². The minimum absolute atomic E-state index is 0.286. The minimum Gasteiger partial charge on any atom is -0.313 e. The monoisotopic (exact) mass is 287 g/mol. The molecule has 0 amide bonds. The van der Waals surface area contributed by atoms with E-state index in [0.29, 0.717) is 0 Å². The highest BCUT2D eigenvalue weighted by Crippen LogP contribution is 2.22. The van der Waals surface area contributed by atoms with Crippen molar-refractivity contribution in [1.29, 1.82) is 0 Å². The van der Waals surface area contributed by atoms with E-state index in [1.165, 1.54) is 10.5 Å². The van der Waals surface area contributed by atoms with E-state index in [1.807, 2.05) is 20.2 Å². The number of aryl methyl sites for hydroxylation is 2. The van der Waals surface area contributed by atoms with E-state index >= 15 is 0 Å². The molecule has 4 heteroatoms. The van der Waals surface area contributed by atoms with Gasteiger partial charge in [0.25, 0.3) is 0 Å². The van der Waals surface area contributed by atoms with E-state index in [4.69, 9.17) is 0 Å². The lowest BCUT2D eigenvalue weighted by atomic mass is 10.1. The Morgan fingerprint density at radius 1 is 1.20 bits per heavy atom. The van der Waals surface area contributed by atoms with Gasteiger partial charge in [-0.15, -0.1) is 11.8 Å². The predicted octanol–water partition coefficient (Wildman–Crippen LogP) is 3.67. The van der Waals surface area contributed by atoms with Crippen molar-refractivity contribution < 1.29 is 0 Å². The van der Waals surface area contributed by atoms with Crippen LogP contribution >= 0.6 is 11.8 Å². The molecule has 1 aromatic heterocycles. The highest BCUT2D eigenvalue weighted by atomic mass is 32.2. The number of aromatic nitrogens is 2. The lowest BCUT2D eigenvalue weighted by molar-refractivity contribution is 0.639. The fourth-order valence-corrected chi connectivity index (χ4v) is 2.72. The second-order valence-corrected chi connectivity index (χ2v) is 5.99. The van der Waals surface area contributed by atoms with Gasteiger partial charge in [-0.2, -0.15) is 0 Å². The minimum atomic E-state index is 0.286. The summed E-state index contributed by atoms with van der Waals surface area (Å²) in [4.78, 5) is 10.3. The zero-order valence-corrected chi connectivity index (χ0v) is 13.3. The van der Waals surface area contributed by atoms with Gasteiger partial charge in [0.1, 0.15) is 5.82 Å². The first-order valence-corrected chi connectivity index (χ1v) is 7.78. The molecule has 1 atom stereocenters. The fourth-order valence-electron chi connectivity index (χ4n) is 1.96. The Morgan fingerprint density at radius 2 is 1.90 bits per heavy atom. The van der Waals surface area contributed by atoms with E-state index < -0.39 is 0 Å². The van der Waals surface area contributed by atoms with E-state index in [2.05, 4.69) is 53.4 Å². The quantitative estimate of drug-likeness (QED) is 0.852. The van der Waals surface area contributed by atoms with Crippen molar-refractivity contribution >= 4 is 11.8 Å². The summed E-state index contributed by atoms with van der Waals surface area (Å²) in [6.45, 7) is 6.26. The van der Waals surface area contributed by atoms with Gasteiger partial charge < -0.3 is 5.32 Å². The van der Waals surface area contributed by atoms with Crippen LogP contribution in [0.1, 0.15) is 35.6 Å². The summed E-state index contributed by atoms with van der Waals surface area (Å²) in [6, 6.07) is 8.83. The summed E-state index contributed by atoms with van der Waals surface area (Å²) in [5.41, 5.74) is 3.50. The highest BCUT2D eigenvalue weighted by molar-refractivity contribution is 7.98. The third kappa shape index (κ3) is 3.81. The lowest BCUT2D eigenvalue weighted by Crippen LogP contribution is -2.15. The van der Waals surface area contributed by atoms with Gasteiger partial charge >= 0.3 is 0 Å². The van der Waals surface area contributed by atoms with Crippen LogP contribution < -0.4 is 5.32 Å². The maximum atomic E-state index is 4.60. The third-order valence-electron chi connectivity index (χ3n) is 3.36. The average Bonchev–Trinajstić information content (AvgIpc) is 2.46. The Balaban J connectivity index is 2.03. The zero-order chi connectivity index (χ0) is 14.5. The number of hydrogen-bond acceptors (Lipinski definition) is 4. The average molecular weight is 287 g/mol. The third-order valence-corrected chi connectivity index (χ3v) is 4.36. The van der Waals surface area contributed by atoms with E-state index in [9.17, 15) is 0 Å².